The summed E-state index contributed by atoms with van der Waals surface area (Å²) < 4.78 is 11.6. The van der Waals surface area contributed by atoms with Crippen LogP contribution in [0.4, 0.5) is 0 Å². The van der Waals surface area contributed by atoms with Crippen molar-refractivity contribution in [3.8, 4) is 0 Å². The van der Waals surface area contributed by atoms with Crippen LogP contribution in [0, 0.1) is 5.92 Å². The average molecular weight is 452 g/mol. The molecule has 1 aromatic heterocycles. The van der Waals surface area contributed by atoms with Gasteiger partial charge in [0.1, 0.15) is 18.3 Å². The third-order valence-corrected chi connectivity index (χ3v) is 5.75. The van der Waals surface area contributed by atoms with Gasteiger partial charge in [0.25, 0.3) is 0 Å². The smallest absolute Gasteiger partial charge is 0.219 e. The minimum absolute atomic E-state index is 0.0446. The maximum Gasteiger partial charge on any atom is 0.219 e. The molecule has 1 aromatic rings. The van der Waals surface area contributed by atoms with Crippen LogP contribution in [0.25, 0.3) is 0 Å². The van der Waals surface area contributed by atoms with Crippen molar-refractivity contribution in [3.63, 3.8) is 0 Å². The van der Waals surface area contributed by atoms with Gasteiger partial charge in [0.2, 0.25) is 5.91 Å². The van der Waals surface area contributed by atoms with E-state index < -0.39 is 18.3 Å². The van der Waals surface area contributed by atoms with Gasteiger partial charge in [-0.2, -0.15) is 0 Å². The van der Waals surface area contributed by atoms with Crippen molar-refractivity contribution in [1.82, 2.24) is 14.8 Å². The van der Waals surface area contributed by atoms with Crippen LogP contribution in [0.2, 0.25) is 0 Å². The van der Waals surface area contributed by atoms with Crippen molar-refractivity contribution in [2.45, 2.75) is 64.9 Å². The van der Waals surface area contributed by atoms with Crippen molar-refractivity contribution >= 4 is 5.91 Å². The van der Waals surface area contributed by atoms with Crippen LogP contribution in [0.1, 0.15) is 45.7 Å². The SMILES string of the molecule is CC(=O)N1CCN(Cc2ccccn2)CCCCOC[C@@H](O)[C@@H](O)[C@H](OCCC(C)C)C1. The van der Waals surface area contributed by atoms with Gasteiger partial charge >= 0.3 is 0 Å². The third-order valence-electron chi connectivity index (χ3n) is 5.75. The molecule has 0 aliphatic carbocycles. The normalized spacial score (nSPS) is 24.9. The second-order valence-corrected chi connectivity index (χ2v) is 8.99. The van der Waals surface area contributed by atoms with E-state index in [2.05, 4.69) is 23.7 Å². The lowest BCUT2D eigenvalue weighted by atomic mass is 10.1. The Morgan fingerprint density at radius 3 is 2.75 bits per heavy atom. The van der Waals surface area contributed by atoms with Crippen molar-refractivity contribution in [1.29, 1.82) is 0 Å². The van der Waals surface area contributed by atoms with Crippen molar-refractivity contribution < 1.29 is 24.5 Å². The summed E-state index contributed by atoms with van der Waals surface area (Å²) in [6.07, 6.45) is 1.56. The third kappa shape index (κ3) is 9.92. The first-order valence-corrected chi connectivity index (χ1v) is 11.8. The molecule has 2 heterocycles. The maximum atomic E-state index is 12.4. The zero-order valence-corrected chi connectivity index (χ0v) is 19.9. The Kier molecular flexibility index (Phi) is 12.1. The molecule has 0 aromatic carbocycles. The van der Waals surface area contributed by atoms with E-state index in [1.807, 2.05) is 18.2 Å². The Morgan fingerprint density at radius 2 is 2.06 bits per heavy atom. The number of hydrogen-bond donors (Lipinski definition) is 2. The zero-order chi connectivity index (χ0) is 23.3. The average Bonchev–Trinajstić information content (AvgIpc) is 2.76. The Bertz CT molecular complexity index is 646. The number of rotatable bonds is 6. The monoisotopic (exact) mass is 451 g/mol. The molecule has 182 valence electrons. The van der Waals surface area contributed by atoms with E-state index in [0.717, 1.165) is 31.5 Å². The Hall–Kier alpha value is -1.58. The van der Waals surface area contributed by atoms with Crippen molar-refractivity contribution in [2.24, 2.45) is 5.92 Å². The number of aliphatic hydroxyl groups is 2. The fourth-order valence-corrected chi connectivity index (χ4v) is 3.65. The molecule has 8 heteroatoms. The lowest BCUT2D eigenvalue weighted by Gasteiger charge is -2.33. The summed E-state index contributed by atoms with van der Waals surface area (Å²) in [7, 11) is 0. The molecular weight excluding hydrogens is 410 g/mol. The second kappa shape index (κ2) is 14.5. The number of aromatic nitrogens is 1. The molecule has 0 spiro atoms. The van der Waals surface area contributed by atoms with E-state index in [9.17, 15) is 15.0 Å². The van der Waals surface area contributed by atoms with Crippen LogP contribution >= 0.6 is 0 Å². The van der Waals surface area contributed by atoms with Gasteiger partial charge in [0.15, 0.2) is 0 Å². The van der Waals surface area contributed by atoms with E-state index in [-0.39, 0.29) is 19.1 Å². The van der Waals surface area contributed by atoms with Crippen molar-refractivity contribution in [3.05, 3.63) is 30.1 Å². The quantitative estimate of drug-likeness (QED) is 0.680. The molecule has 0 bridgehead atoms. The predicted molar refractivity (Wildman–Crippen MR) is 123 cm³/mol. The highest BCUT2D eigenvalue weighted by Gasteiger charge is 2.30. The molecule has 1 saturated heterocycles. The van der Waals surface area contributed by atoms with Crippen LogP contribution in [-0.4, -0.2) is 95.2 Å². The van der Waals surface area contributed by atoms with Crippen molar-refractivity contribution in [2.75, 3.05) is 46.0 Å². The fraction of sp³-hybridized carbons (Fsp3) is 0.750. The van der Waals surface area contributed by atoms with E-state index in [1.165, 1.54) is 6.92 Å². The molecular formula is C24H41N3O5. The van der Waals surface area contributed by atoms with Crippen LogP contribution in [-0.2, 0) is 20.8 Å². The van der Waals surface area contributed by atoms with Gasteiger partial charge in [0.05, 0.1) is 12.3 Å². The van der Waals surface area contributed by atoms with Crippen LogP contribution in [0.3, 0.4) is 0 Å². The summed E-state index contributed by atoms with van der Waals surface area (Å²) in [5.74, 6) is 0.383. The Labute approximate surface area is 192 Å². The lowest BCUT2D eigenvalue weighted by molar-refractivity contribution is -0.140. The fourth-order valence-electron chi connectivity index (χ4n) is 3.65. The number of aliphatic hydroxyl groups excluding tert-OH is 2. The highest BCUT2D eigenvalue weighted by Crippen LogP contribution is 2.13. The molecule has 1 aliphatic heterocycles. The van der Waals surface area contributed by atoms with Gasteiger partial charge in [-0.25, -0.2) is 0 Å². The Morgan fingerprint density at radius 1 is 1.25 bits per heavy atom. The van der Waals surface area contributed by atoms with Gasteiger partial charge in [-0.3, -0.25) is 14.7 Å². The van der Waals surface area contributed by atoms with E-state index >= 15 is 0 Å². The Balaban J connectivity index is 2.10. The highest BCUT2D eigenvalue weighted by molar-refractivity contribution is 5.73. The first-order chi connectivity index (χ1) is 15.4. The van der Waals surface area contributed by atoms with E-state index in [1.54, 1.807) is 11.1 Å². The van der Waals surface area contributed by atoms with Gasteiger partial charge in [-0.15, -0.1) is 0 Å². The summed E-state index contributed by atoms with van der Waals surface area (Å²) in [5.41, 5.74) is 0.993. The number of carbonyl (C=O) groups is 1. The van der Waals surface area contributed by atoms with Crippen LogP contribution < -0.4 is 0 Å². The topological polar surface area (TPSA) is 95.4 Å². The van der Waals surface area contributed by atoms with Crippen LogP contribution in [0.15, 0.2) is 24.4 Å². The first-order valence-electron chi connectivity index (χ1n) is 11.8. The number of nitrogens with zero attached hydrogens (tertiary/aromatic N) is 3. The molecule has 2 rings (SSSR count). The second-order valence-electron chi connectivity index (χ2n) is 8.99. The minimum atomic E-state index is -1.13. The first kappa shape index (κ1) is 26.7. The molecule has 1 aliphatic rings. The van der Waals surface area contributed by atoms with Gasteiger partial charge in [0, 0.05) is 52.5 Å². The molecule has 2 N–H and O–H groups in total. The number of pyridine rings is 1. The van der Waals surface area contributed by atoms with E-state index in [4.69, 9.17) is 9.47 Å². The molecule has 0 saturated carbocycles. The van der Waals surface area contributed by atoms with Gasteiger partial charge < -0.3 is 24.6 Å². The molecule has 0 unspecified atom stereocenters. The van der Waals surface area contributed by atoms with Crippen LogP contribution in [0.5, 0.6) is 0 Å². The minimum Gasteiger partial charge on any atom is -0.388 e. The molecule has 3 atom stereocenters. The summed E-state index contributed by atoms with van der Waals surface area (Å²) >= 11 is 0. The van der Waals surface area contributed by atoms with E-state index in [0.29, 0.717) is 38.8 Å². The summed E-state index contributed by atoms with van der Waals surface area (Å²) in [4.78, 5) is 20.8. The lowest BCUT2D eigenvalue weighted by Crippen LogP contribution is -2.50. The predicted octanol–water partition coefficient (Wildman–Crippen LogP) is 1.70. The number of ether oxygens (including phenoxy) is 2. The maximum absolute atomic E-state index is 12.4. The molecule has 0 radical (unpaired) electrons. The molecule has 32 heavy (non-hydrogen) atoms. The largest absolute Gasteiger partial charge is 0.388 e. The molecule has 1 amide bonds. The highest BCUT2D eigenvalue weighted by atomic mass is 16.5. The standard InChI is InChI=1S/C24H41N3O5/c1-19(2)9-15-32-23-17-27(20(3)28)13-12-26(16-21-8-4-5-10-25-21)11-6-7-14-31-18-22(29)24(23)30/h4-5,8,10,19,22-24,29-30H,6-7,9,11-18H2,1-3H3/t22-,23-,24-/m1/s1. The summed E-state index contributed by atoms with van der Waals surface area (Å²) in [5, 5.41) is 21.2. The summed E-state index contributed by atoms with van der Waals surface area (Å²) in [6.45, 7) is 9.79. The zero-order valence-electron chi connectivity index (χ0n) is 19.9. The summed E-state index contributed by atoms with van der Waals surface area (Å²) in [6, 6.07) is 5.89. The molecule has 1 fully saturated rings. The molecule has 8 nitrogen and oxygen atoms in total. The number of amides is 1. The number of carbonyl (C=O) groups excluding carboxylic acids is 1. The van der Waals surface area contributed by atoms with Gasteiger partial charge in [-0.05, 0) is 43.9 Å². The van der Waals surface area contributed by atoms with Gasteiger partial charge in [-0.1, -0.05) is 19.9 Å². The number of hydrogen-bond acceptors (Lipinski definition) is 7.